The van der Waals surface area contributed by atoms with E-state index in [2.05, 4.69) is 66.3 Å². The fourth-order valence-corrected chi connectivity index (χ4v) is 10.4. The van der Waals surface area contributed by atoms with Crippen LogP contribution in [-0.4, -0.2) is 107 Å². The number of nitrogens with one attached hydrogen (secondary N) is 2. The second-order valence-electron chi connectivity index (χ2n) is 19.5. The van der Waals surface area contributed by atoms with Crippen molar-refractivity contribution in [2.75, 3.05) is 87.3 Å². The Bertz CT molecular complexity index is 3660. The van der Waals surface area contributed by atoms with E-state index in [0.717, 1.165) is 139 Å². The summed E-state index contributed by atoms with van der Waals surface area (Å²) < 4.78 is 22.1. The summed E-state index contributed by atoms with van der Waals surface area (Å²) in [5.41, 5.74) is 17.3. The van der Waals surface area contributed by atoms with E-state index in [1.165, 1.54) is 0 Å². The van der Waals surface area contributed by atoms with Gasteiger partial charge in [-0.05, 0) is 99.5 Å². The van der Waals surface area contributed by atoms with Gasteiger partial charge in [-0.25, -0.2) is 9.97 Å². The lowest BCUT2D eigenvalue weighted by atomic mass is 10.0. The molecule has 0 atom stereocenters. The lowest BCUT2D eigenvalue weighted by Gasteiger charge is -2.29. The van der Waals surface area contributed by atoms with Crippen LogP contribution in [0.1, 0.15) is 22.3 Å². The first-order valence-corrected chi connectivity index (χ1v) is 27.0. The molecule has 8 aromatic heterocycles. The first-order valence-electron chi connectivity index (χ1n) is 26.3. The highest BCUT2D eigenvalue weighted by atomic mass is 35.5. The average molecular weight is 1110 g/mol. The van der Waals surface area contributed by atoms with Crippen molar-refractivity contribution in [3.05, 3.63) is 167 Å². The third-order valence-electron chi connectivity index (χ3n) is 14.2. The highest BCUT2D eigenvalue weighted by molar-refractivity contribution is 6.36. The van der Waals surface area contributed by atoms with Crippen molar-refractivity contribution in [2.45, 2.75) is 27.7 Å². The molecule has 2 saturated heterocycles. The Morgan fingerprint density at radius 1 is 0.487 bits per heavy atom. The SMILES string of the molecule is COc1cncc(-c2ncc(N3CCOCC3)cc2Nc2c(C)c(-c3cc(C)ccn3)nc3c(Cl)cccc23)c1.COc1cncc(-c2ncc(N3CCOCC3)cc2Nc2c(C)c(-c3cc(C)ccn3)nc3c(Cl)cccc23)c1. The molecule has 10 heterocycles. The number of hydrogen-bond acceptors (Lipinski definition) is 16. The molecule has 2 fully saturated rings. The Labute approximate surface area is 474 Å². The summed E-state index contributed by atoms with van der Waals surface area (Å²) in [5.74, 6) is 1.32. The van der Waals surface area contributed by atoms with E-state index in [1.54, 1.807) is 51.4 Å². The number of benzene rings is 2. The number of fused-ring (bicyclic) bond motifs is 2. The van der Waals surface area contributed by atoms with Crippen molar-refractivity contribution in [1.29, 1.82) is 0 Å². The van der Waals surface area contributed by atoms with Gasteiger partial charge in [-0.2, -0.15) is 0 Å². The Hall–Kier alpha value is -8.54. The monoisotopic (exact) mass is 1100 g/mol. The number of para-hydroxylation sites is 2. The lowest BCUT2D eigenvalue weighted by Crippen LogP contribution is -2.36. The van der Waals surface area contributed by atoms with E-state index in [0.29, 0.717) is 59.0 Å². The zero-order valence-corrected chi connectivity index (χ0v) is 46.7. The van der Waals surface area contributed by atoms with Crippen LogP contribution >= 0.6 is 23.2 Å². The van der Waals surface area contributed by atoms with Gasteiger partial charge >= 0.3 is 0 Å². The molecule has 0 spiro atoms. The maximum Gasteiger partial charge on any atom is 0.137 e. The van der Waals surface area contributed by atoms with Gasteiger partial charge in [0.15, 0.2) is 0 Å². The smallest absolute Gasteiger partial charge is 0.137 e. The van der Waals surface area contributed by atoms with Crippen LogP contribution in [0.3, 0.4) is 0 Å². The number of morpholine rings is 2. The number of rotatable bonds is 12. The van der Waals surface area contributed by atoms with Gasteiger partial charge in [0, 0.05) is 84.0 Å². The molecular weight excluding hydrogens is 1050 g/mol. The molecule has 0 unspecified atom stereocenters. The molecule has 0 aliphatic carbocycles. The quantitative estimate of drug-likeness (QED) is 0.118. The number of ether oxygens (including phenoxy) is 4. The fourth-order valence-electron chi connectivity index (χ4n) is 9.98. The average Bonchev–Trinajstić information content (AvgIpc) is 3.59. The van der Waals surface area contributed by atoms with Crippen LogP contribution in [0.5, 0.6) is 11.5 Å². The predicted octanol–water partition coefficient (Wildman–Crippen LogP) is 13.2. The van der Waals surface area contributed by atoms with Gasteiger partial charge in [-0.1, -0.05) is 47.5 Å². The summed E-state index contributed by atoms with van der Waals surface area (Å²) in [6, 6.07) is 27.8. The molecule has 0 amide bonds. The van der Waals surface area contributed by atoms with E-state index in [9.17, 15) is 0 Å². The lowest BCUT2D eigenvalue weighted by molar-refractivity contribution is 0.122. The van der Waals surface area contributed by atoms with Gasteiger partial charge < -0.3 is 39.4 Å². The highest BCUT2D eigenvalue weighted by Gasteiger charge is 2.23. The molecule has 18 heteroatoms. The van der Waals surface area contributed by atoms with E-state index in [1.807, 2.05) is 99.0 Å². The minimum Gasteiger partial charge on any atom is -0.495 e. The minimum atomic E-state index is 0.576. The van der Waals surface area contributed by atoms with Crippen molar-refractivity contribution in [2.24, 2.45) is 0 Å². The predicted molar refractivity (Wildman–Crippen MR) is 320 cm³/mol. The van der Waals surface area contributed by atoms with Crippen LogP contribution in [0.4, 0.5) is 34.1 Å². The third kappa shape index (κ3) is 11.3. The van der Waals surface area contributed by atoms with Crippen molar-refractivity contribution in [3.8, 4) is 56.8 Å². The summed E-state index contributed by atoms with van der Waals surface area (Å²) in [4.78, 5) is 42.4. The van der Waals surface area contributed by atoms with Crippen LogP contribution in [-0.2, 0) is 9.47 Å². The van der Waals surface area contributed by atoms with Crippen LogP contribution in [0, 0.1) is 27.7 Å². The fraction of sp³-hybridized carbons (Fsp3) is 0.226. The number of methoxy groups -OCH3 is 2. The molecule has 2 aliphatic rings. The van der Waals surface area contributed by atoms with E-state index >= 15 is 0 Å². The number of pyridine rings is 8. The van der Waals surface area contributed by atoms with Crippen molar-refractivity contribution >= 4 is 79.1 Å². The molecule has 0 bridgehead atoms. The Balaban J connectivity index is 0.000000169. The summed E-state index contributed by atoms with van der Waals surface area (Å²) in [6.45, 7) is 14.2. The van der Waals surface area contributed by atoms with Crippen LogP contribution < -0.4 is 29.9 Å². The molecule has 80 heavy (non-hydrogen) atoms. The molecule has 16 nitrogen and oxygen atoms in total. The van der Waals surface area contributed by atoms with Crippen molar-refractivity contribution in [3.63, 3.8) is 0 Å². The second-order valence-corrected chi connectivity index (χ2v) is 20.3. The number of nitrogens with zero attached hydrogens (tertiary/aromatic N) is 10. The molecule has 0 saturated carbocycles. The summed E-state index contributed by atoms with van der Waals surface area (Å²) >= 11 is 13.4. The number of aryl methyl sites for hydroxylation is 2. The van der Waals surface area contributed by atoms with Crippen LogP contribution in [0.2, 0.25) is 10.0 Å². The molecule has 404 valence electrons. The number of anilines is 6. The topological polar surface area (TPSA) is 171 Å². The molecule has 0 radical (unpaired) electrons. The number of hydrogen-bond donors (Lipinski definition) is 2. The highest BCUT2D eigenvalue weighted by Crippen LogP contribution is 2.43. The van der Waals surface area contributed by atoms with Crippen molar-refractivity contribution in [1.82, 2.24) is 39.9 Å². The molecule has 2 aliphatic heterocycles. The zero-order chi connectivity index (χ0) is 55.3. The summed E-state index contributed by atoms with van der Waals surface area (Å²) in [5, 5.41) is 10.4. The molecule has 10 aromatic rings. The van der Waals surface area contributed by atoms with E-state index < -0.39 is 0 Å². The van der Waals surface area contributed by atoms with E-state index in [-0.39, 0.29) is 0 Å². The Morgan fingerprint density at radius 2 is 0.912 bits per heavy atom. The summed E-state index contributed by atoms with van der Waals surface area (Å²) in [6.07, 6.45) is 14.4. The summed E-state index contributed by atoms with van der Waals surface area (Å²) in [7, 11) is 3.26. The van der Waals surface area contributed by atoms with Gasteiger partial charge in [0.1, 0.15) is 11.5 Å². The maximum absolute atomic E-state index is 6.70. The minimum absolute atomic E-state index is 0.576. The normalized spacial score (nSPS) is 13.4. The van der Waals surface area contributed by atoms with Crippen molar-refractivity contribution < 1.29 is 18.9 Å². The molecule has 2 aromatic carbocycles. The Kier molecular flexibility index (Phi) is 15.9. The third-order valence-corrected chi connectivity index (χ3v) is 14.8. The second kappa shape index (κ2) is 23.8. The Morgan fingerprint density at radius 3 is 1.31 bits per heavy atom. The van der Waals surface area contributed by atoms with Gasteiger partial charge in [-0.15, -0.1) is 0 Å². The van der Waals surface area contributed by atoms with Crippen LogP contribution in [0.25, 0.3) is 67.1 Å². The zero-order valence-electron chi connectivity index (χ0n) is 45.2. The number of halogens is 2. The van der Waals surface area contributed by atoms with Gasteiger partial charge in [0.05, 0.1) is 155 Å². The standard InChI is InChI=1S/2C31H29ClN6O2/c2*1-19-7-8-34-26(13-19)29-20(2)28(24-5-4-6-25(32)31(24)37-29)36-27-15-22(38-9-11-40-12-10-38)17-35-30(27)21-14-23(39-3)18-33-16-21/h2*4-8,13-18H,9-12H2,1-3H3,(H,36,37). The van der Waals surface area contributed by atoms with Gasteiger partial charge in [-0.3, -0.25) is 29.9 Å². The largest absolute Gasteiger partial charge is 0.495 e. The molecule has 12 rings (SSSR count). The molecule has 2 N–H and O–H groups in total. The maximum atomic E-state index is 6.70. The first kappa shape index (κ1) is 53.5. The first-order chi connectivity index (χ1) is 39.0. The van der Waals surface area contributed by atoms with E-state index in [4.69, 9.17) is 62.1 Å². The van der Waals surface area contributed by atoms with Gasteiger partial charge in [0.25, 0.3) is 0 Å². The van der Waals surface area contributed by atoms with Gasteiger partial charge in [0.2, 0.25) is 0 Å². The number of aromatic nitrogens is 8. The molecular formula is C62H58Cl2N12O4. The van der Waals surface area contributed by atoms with Crippen LogP contribution in [0.15, 0.2) is 135 Å².